The van der Waals surface area contributed by atoms with Gasteiger partial charge in [0.15, 0.2) is 6.10 Å². The molecule has 0 aromatic carbocycles. The number of hydrogen-bond acceptors (Lipinski definition) is 6. The Morgan fingerprint density at radius 3 is 0.918 bits per heavy atom. The number of allylic oxidation sites excluding steroid dienone is 14. The van der Waals surface area contributed by atoms with E-state index in [0.717, 1.165) is 89.9 Å². The van der Waals surface area contributed by atoms with Crippen molar-refractivity contribution in [1.29, 1.82) is 0 Å². The lowest BCUT2D eigenvalue weighted by molar-refractivity contribution is -0.167. The van der Waals surface area contributed by atoms with Gasteiger partial charge < -0.3 is 14.2 Å². The minimum Gasteiger partial charge on any atom is -0.462 e. The van der Waals surface area contributed by atoms with Gasteiger partial charge in [-0.25, -0.2) is 0 Å². The Morgan fingerprint density at radius 1 is 0.301 bits per heavy atom. The average molecular weight is 1020 g/mol. The van der Waals surface area contributed by atoms with Crippen LogP contribution in [0.25, 0.3) is 0 Å². The summed E-state index contributed by atoms with van der Waals surface area (Å²) in [5, 5.41) is 0. The maximum Gasteiger partial charge on any atom is 0.306 e. The second kappa shape index (κ2) is 61.1. The Balaban J connectivity index is 4.40. The quantitative estimate of drug-likeness (QED) is 0.0199. The van der Waals surface area contributed by atoms with Gasteiger partial charge in [0.05, 0.1) is 0 Å². The molecule has 0 saturated heterocycles. The fourth-order valence-electron chi connectivity index (χ4n) is 8.71. The molecular weight excluding hydrogens is 901 g/mol. The highest BCUT2D eigenvalue weighted by Gasteiger charge is 2.19. The molecule has 0 spiro atoms. The molecule has 0 aliphatic heterocycles. The van der Waals surface area contributed by atoms with E-state index in [1.165, 1.54) is 173 Å². The van der Waals surface area contributed by atoms with Crippen molar-refractivity contribution in [2.24, 2.45) is 0 Å². The zero-order valence-corrected chi connectivity index (χ0v) is 48.1. The van der Waals surface area contributed by atoms with E-state index in [9.17, 15) is 14.4 Å². The van der Waals surface area contributed by atoms with Crippen LogP contribution in [-0.2, 0) is 28.6 Å². The van der Waals surface area contributed by atoms with Crippen molar-refractivity contribution < 1.29 is 28.6 Å². The van der Waals surface area contributed by atoms with Crippen LogP contribution in [0.4, 0.5) is 0 Å². The van der Waals surface area contributed by atoms with Crippen molar-refractivity contribution in [3.05, 3.63) is 85.1 Å². The number of unbranched alkanes of at least 4 members (excludes halogenated alkanes) is 32. The first-order valence-electron chi connectivity index (χ1n) is 31.1. The largest absolute Gasteiger partial charge is 0.462 e. The lowest BCUT2D eigenvalue weighted by atomic mass is 10.1. The Morgan fingerprint density at radius 2 is 0.575 bits per heavy atom. The minimum atomic E-state index is -0.786. The maximum atomic E-state index is 12.9. The first kappa shape index (κ1) is 69.6. The summed E-state index contributed by atoms with van der Waals surface area (Å²) in [6.45, 7) is 6.49. The second-order valence-corrected chi connectivity index (χ2v) is 20.6. The van der Waals surface area contributed by atoms with Crippen LogP contribution < -0.4 is 0 Å². The molecule has 0 aromatic rings. The van der Waals surface area contributed by atoms with E-state index in [1.54, 1.807) is 0 Å². The van der Waals surface area contributed by atoms with Crippen LogP contribution in [0.5, 0.6) is 0 Å². The van der Waals surface area contributed by atoms with E-state index in [1.807, 2.05) is 0 Å². The zero-order chi connectivity index (χ0) is 52.9. The highest BCUT2D eigenvalue weighted by atomic mass is 16.6. The molecule has 73 heavy (non-hydrogen) atoms. The monoisotopic (exact) mass is 1020 g/mol. The standard InChI is InChI=1S/C67H116O6/c1-4-7-10-13-16-19-22-25-28-31-33-36-39-42-45-48-51-54-57-60-66(69)72-63-64(62-71-65(68)59-56-53-50-47-44-41-38-35-30-27-24-21-18-15-12-9-6-3)73-67(70)61-58-55-52-49-46-43-40-37-34-32-29-26-23-20-17-14-11-8-5-2/h7,10,16-21,23,25-28,30,64H,4-6,8-9,11-15,22,24,29,31-63H2,1-3H3/b10-7-,19-16-,20-17-,21-18-,26-23-,28-25-,30-27-. The summed E-state index contributed by atoms with van der Waals surface area (Å²) in [6.07, 6.45) is 80.0. The maximum absolute atomic E-state index is 12.9. The molecular formula is C67H116O6. The molecule has 0 rings (SSSR count). The first-order valence-corrected chi connectivity index (χ1v) is 31.1. The fraction of sp³-hybridized carbons (Fsp3) is 0.746. The summed E-state index contributed by atoms with van der Waals surface area (Å²) >= 11 is 0. The molecule has 420 valence electrons. The van der Waals surface area contributed by atoms with Gasteiger partial charge in [0.1, 0.15) is 13.2 Å². The summed E-state index contributed by atoms with van der Waals surface area (Å²) in [6, 6.07) is 0. The van der Waals surface area contributed by atoms with Crippen LogP contribution in [0.1, 0.15) is 303 Å². The number of esters is 3. The zero-order valence-electron chi connectivity index (χ0n) is 48.1. The molecule has 0 fully saturated rings. The van der Waals surface area contributed by atoms with Gasteiger partial charge in [0, 0.05) is 19.3 Å². The van der Waals surface area contributed by atoms with Crippen molar-refractivity contribution in [3.63, 3.8) is 0 Å². The van der Waals surface area contributed by atoms with Crippen LogP contribution in [0.15, 0.2) is 85.1 Å². The van der Waals surface area contributed by atoms with Gasteiger partial charge in [-0.2, -0.15) is 0 Å². The third-order valence-corrected chi connectivity index (χ3v) is 13.4. The number of rotatable bonds is 56. The molecule has 1 atom stereocenters. The normalized spacial score (nSPS) is 12.6. The molecule has 0 amide bonds. The van der Waals surface area contributed by atoms with Crippen molar-refractivity contribution >= 4 is 17.9 Å². The SMILES string of the molecule is CC/C=C\C/C=C\C/C=C\CCCCCCCCCCCC(=O)OCC(COC(=O)CCCCCCCCC/C=C\C/C=C\CCCCC)OC(=O)CCCCCCCCCCCC/C=C\C=C/CCCCC. The molecule has 0 radical (unpaired) electrons. The number of hydrogen-bond donors (Lipinski definition) is 0. The molecule has 0 bridgehead atoms. The topological polar surface area (TPSA) is 78.9 Å². The van der Waals surface area contributed by atoms with Crippen LogP contribution >= 0.6 is 0 Å². The summed E-state index contributed by atoms with van der Waals surface area (Å²) in [7, 11) is 0. The van der Waals surface area contributed by atoms with Gasteiger partial charge in [-0.1, -0.05) is 260 Å². The second-order valence-electron chi connectivity index (χ2n) is 20.6. The Kier molecular flexibility index (Phi) is 58.3. The molecule has 6 heteroatoms. The van der Waals surface area contributed by atoms with E-state index in [-0.39, 0.29) is 31.1 Å². The lowest BCUT2D eigenvalue weighted by Crippen LogP contribution is -2.30. The van der Waals surface area contributed by atoms with Crippen LogP contribution in [-0.4, -0.2) is 37.2 Å². The molecule has 0 aliphatic rings. The highest BCUT2D eigenvalue weighted by Crippen LogP contribution is 2.16. The molecule has 6 nitrogen and oxygen atoms in total. The Labute approximate surface area is 452 Å². The van der Waals surface area contributed by atoms with Gasteiger partial charge in [-0.15, -0.1) is 0 Å². The van der Waals surface area contributed by atoms with E-state index in [0.29, 0.717) is 19.3 Å². The summed E-state index contributed by atoms with van der Waals surface area (Å²) in [4.78, 5) is 38.3. The molecule has 0 saturated carbocycles. The molecule has 1 unspecified atom stereocenters. The van der Waals surface area contributed by atoms with E-state index in [4.69, 9.17) is 14.2 Å². The lowest BCUT2D eigenvalue weighted by Gasteiger charge is -2.18. The van der Waals surface area contributed by atoms with Gasteiger partial charge in [0.25, 0.3) is 0 Å². The van der Waals surface area contributed by atoms with Crippen molar-refractivity contribution in [1.82, 2.24) is 0 Å². The molecule has 0 N–H and O–H groups in total. The predicted octanol–water partition coefficient (Wildman–Crippen LogP) is 21.1. The van der Waals surface area contributed by atoms with Crippen LogP contribution in [0, 0.1) is 0 Å². The fourth-order valence-corrected chi connectivity index (χ4v) is 8.71. The third kappa shape index (κ3) is 59.3. The summed E-state index contributed by atoms with van der Waals surface area (Å²) in [5.41, 5.74) is 0. The number of ether oxygens (including phenoxy) is 3. The van der Waals surface area contributed by atoms with Gasteiger partial charge in [-0.3, -0.25) is 14.4 Å². The Bertz CT molecular complexity index is 1400. The van der Waals surface area contributed by atoms with E-state index < -0.39 is 6.10 Å². The van der Waals surface area contributed by atoms with Crippen LogP contribution in [0.3, 0.4) is 0 Å². The van der Waals surface area contributed by atoms with Crippen molar-refractivity contribution in [2.45, 2.75) is 309 Å². The first-order chi connectivity index (χ1) is 36.0. The molecule has 0 aliphatic carbocycles. The molecule has 0 aromatic heterocycles. The number of carbonyl (C=O) groups excluding carboxylic acids is 3. The van der Waals surface area contributed by atoms with E-state index >= 15 is 0 Å². The van der Waals surface area contributed by atoms with Crippen molar-refractivity contribution in [2.75, 3.05) is 13.2 Å². The van der Waals surface area contributed by atoms with Crippen LogP contribution in [0.2, 0.25) is 0 Å². The third-order valence-electron chi connectivity index (χ3n) is 13.4. The molecule has 0 heterocycles. The highest BCUT2D eigenvalue weighted by molar-refractivity contribution is 5.71. The minimum absolute atomic E-state index is 0.0825. The summed E-state index contributed by atoms with van der Waals surface area (Å²) in [5.74, 6) is -0.888. The predicted molar refractivity (Wildman–Crippen MR) is 316 cm³/mol. The Hall–Kier alpha value is -3.41. The van der Waals surface area contributed by atoms with Gasteiger partial charge >= 0.3 is 17.9 Å². The van der Waals surface area contributed by atoms with Crippen molar-refractivity contribution in [3.8, 4) is 0 Å². The average Bonchev–Trinajstić information content (AvgIpc) is 3.39. The number of carbonyl (C=O) groups is 3. The van der Waals surface area contributed by atoms with E-state index in [2.05, 4.69) is 106 Å². The van der Waals surface area contributed by atoms with Gasteiger partial charge in [-0.05, 0) is 109 Å². The van der Waals surface area contributed by atoms with Gasteiger partial charge in [0.2, 0.25) is 0 Å². The summed E-state index contributed by atoms with van der Waals surface area (Å²) < 4.78 is 16.9. The smallest absolute Gasteiger partial charge is 0.306 e.